The van der Waals surface area contributed by atoms with E-state index in [0.29, 0.717) is 13.1 Å². The first-order chi connectivity index (χ1) is 12.7. The minimum absolute atomic E-state index is 0.0425. The molecule has 4 heteroatoms. The molecular formula is C22H20FNO2. The van der Waals surface area contributed by atoms with Gasteiger partial charge in [0, 0.05) is 12.5 Å². The highest BCUT2D eigenvalue weighted by Gasteiger charge is 2.45. The van der Waals surface area contributed by atoms with Crippen molar-refractivity contribution in [3.05, 3.63) is 95.7 Å². The highest BCUT2D eigenvalue weighted by molar-refractivity contribution is 5.83. The van der Waals surface area contributed by atoms with Crippen molar-refractivity contribution >= 4 is 5.91 Å². The highest BCUT2D eigenvalue weighted by Crippen LogP contribution is 2.48. The Labute approximate surface area is 152 Å². The van der Waals surface area contributed by atoms with E-state index in [4.69, 9.17) is 4.42 Å². The lowest BCUT2D eigenvalue weighted by Gasteiger charge is -2.22. The standard InChI is InChI=1S/C22H20FNO2/c23-18-10-8-17(9-11-18)20-13-21(20)22(25)24(15-19-7-4-12-26-19)14-16-5-2-1-3-6-16/h1-12,20-21H,13-15H2. The summed E-state index contributed by atoms with van der Waals surface area (Å²) in [5, 5.41) is 0. The van der Waals surface area contributed by atoms with Crippen LogP contribution in [-0.4, -0.2) is 10.8 Å². The largest absolute Gasteiger partial charge is 0.467 e. The topological polar surface area (TPSA) is 33.5 Å². The highest BCUT2D eigenvalue weighted by atomic mass is 19.1. The van der Waals surface area contributed by atoms with Gasteiger partial charge in [0.15, 0.2) is 0 Å². The number of carbonyl (C=O) groups is 1. The van der Waals surface area contributed by atoms with Crippen LogP contribution in [0.1, 0.15) is 29.2 Å². The Morgan fingerprint density at radius 1 is 1.00 bits per heavy atom. The number of rotatable bonds is 6. The van der Waals surface area contributed by atoms with Gasteiger partial charge in [-0.15, -0.1) is 0 Å². The minimum atomic E-state index is -0.249. The maximum atomic E-state index is 13.1. The number of furan rings is 1. The zero-order valence-corrected chi connectivity index (χ0v) is 14.3. The van der Waals surface area contributed by atoms with Crippen LogP contribution in [0.4, 0.5) is 4.39 Å². The molecule has 2 aromatic carbocycles. The molecule has 0 spiro atoms. The van der Waals surface area contributed by atoms with Crippen molar-refractivity contribution in [2.75, 3.05) is 0 Å². The first-order valence-electron chi connectivity index (χ1n) is 8.81. The molecule has 0 bridgehead atoms. The van der Waals surface area contributed by atoms with Crippen molar-refractivity contribution in [3.8, 4) is 0 Å². The van der Waals surface area contributed by atoms with E-state index < -0.39 is 0 Å². The smallest absolute Gasteiger partial charge is 0.227 e. The Balaban J connectivity index is 1.49. The molecule has 1 aromatic heterocycles. The quantitative estimate of drug-likeness (QED) is 0.643. The van der Waals surface area contributed by atoms with Gasteiger partial charge in [-0.1, -0.05) is 42.5 Å². The number of amides is 1. The first-order valence-corrected chi connectivity index (χ1v) is 8.81. The van der Waals surface area contributed by atoms with E-state index in [-0.39, 0.29) is 23.6 Å². The minimum Gasteiger partial charge on any atom is -0.467 e. The van der Waals surface area contributed by atoms with Crippen LogP contribution in [0.25, 0.3) is 0 Å². The van der Waals surface area contributed by atoms with Crippen LogP contribution < -0.4 is 0 Å². The summed E-state index contributed by atoms with van der Waals surface area (Å²) < 4.78 is 18.6. The summed E-state index contributed by atoms with van der Waals surface area (Å²) in [4.78, 5) is 14.9. The lowest BCUT2D eigenvalue weighted by atomic mass is 10.1. The Bertz CT molecular complexity index is 859. The Hall–Kier alpha value is -2.88. The van der Waals surface area contributed by atoms with Crippen molar-refractivity contribution in [2.45, 2.75) is 25.4 Å². The summed E-state index contributed by atoms with van der Waals surface area (Å²) in [6, 6.07) is 20.1. The molecule has 0 saturated heterocycles. The maximum absolute atomic E-state index is 13.1. The average Bonchev–Trinajstić information content (AvgIpc) is 3.30. The second-order valence-electron chi connectivity index (χ2n) is 6.76. The van der Waals surface area contributed by atoms with Gasteiger partial charge < -0.3 is 9.32 Å². The van der Waals surface area contributed by atoms with E-state index in [9.17, 15) is 9.18 Å². The molecule has 4 rings (SSSR count). The molecule has 26 heavy (non-hydrogen) atoms. The van der Waals surface area contributed by atoms with Gasteiger partial charge in [0.2, 0.25) is 5.91 Å². The lowest BCUT2D eigenvalue weighted by Crippen LogP contribution is -2.31. The average molecular weight is 349 g/mol. The number of carbonyl (C=O) groups excluding carboxylic acids is 1. The van der Waals surface area contributed by atoms with Gasteiger partial charge in [-0.05, 0) is 47.7 Å². The van der Waals surface area contributed by atoms with Crippen LogP contribution in [0.3, 0.4) is 0 Å². The molecule has 1 amide bonds. The number of benzene rings is 2. The normalized spacial score (nSPS) is 18.5. The third-order valence-electron chi connectivity index (χ3n) is 4.86. The summed E-state index contributed by atoms with van der Waals surface area (Å²) in [7, 11) is 0. The second kappa shape index (κ2) is 7.16. The lowest BCUT2D eigenvalue weighted by molar-refractivity contribution is -0.134. The van der Waals surface area contributed by atoms with E-state index in [1.165, 1.54) is 12.1 Å². The van der Waals surface area contributed by atoms with Gasteiger partial charge >= 0.3 is 0 Å². The summed E-state index contributed by atoms with van der Waals surface area (Å²) in [5.74, 6) is 0.783. The maximum Gasteiger partial charge on any atom is 0.227 e. The third kappa shape index (κ3) is 3.69. The molecule has 0 radical (unpaired) electrons. The first kappa shape index (κ1) is 16.6. The predicted octanol–water partition coefficient (Wildman–Crippen LogP) is 4.75. The second-order valence-corrected chi connectivity index (χ2v) is 6.76. The summed E-state index contributed by atoms with van der Waals surface area (Å²) in [6.07, 6.45) is 2.44. The van der Waals surface area contributed by atoms with Gasteiger partial charge in [-0.2, -0.15) is 0 Å². The molecule has 2 atom stereocenters. The van der Waals surface area contributed by atoms with E-state index in [2.05, 4.69) is 0 Å². The Morgan fingerprint density at radius 3 is 2.46 bits per heavy atom. The van der Waals surface area contributed by atoms with E-state index in [0.717, 1.165) is 23.3 Å². The zero-order valence-electron chi connectivity index (χ0n) is 14.3. The van der Waals surface area contributed by atoms with Crippen molar-refractivity contribution < 1.29 is 13.6 Å². The number of nitrogens with zero attached hydrogens (tertiary/aromatic N) is 1. The summed E-state index contributed by atoms with van der Waals surface area (Å²) in [5.41, 5.74) is 2.12. The fourth-order valence-corrected chi connectivity index (χ4v) is 3.39. The third-order valence-corrected chi connectivity index (χ3v) is 4.86. The van der Waals surface area contributed by atoms with Gasteiger partial charge in [0.05, 0.1) is 12.8 Å². The molecule has 1 aliphatic rings. The van der Waals surface area contributed by atoms with E-state index in [1.807, 2.05) is 47.4 Å². The number of halogens is 1. The molecule has 0 aliphatic heterocycles. The summed E-state index contributed by atoms with van der Waals surface area (Å²) >= 11 is 0. The monoisotopic (exact) mass is 349 g/mol. The van der Waals surface area contributed by atoms with E-state index >= 15 is 0 Å². The molecule has 2 unspecified atom stereocenters. The van der Waals surface area contributed by atoms with Crippen LogP contribution in [-0.2, 0) is 17.9 Å². The molecule has 3 nitrogen and oxygen atoms in total. The molecule has 1 aliphatic carbocycles. The summed E-state index contributed by atoms with van der Waals surface area (Å²) in [6.45, 7) is 1.00. The number of hydrogen-bond acceptors (Lipinski definition) is 2. The van der Waals surface area contributed by atoms with Crippen LogP contribution in [0.2, 0.25) is 0 Å². The molecule has 0 N–H and O–H groups in total. The van der Waals surface area contributed by atoms with E-state index in [1.54, 1.807) is 18.4 Å². The Kier molecular flexibility index (Phi) is 4.57. The van der Waals surface area contributed by atoms with Gasteiger partial charge in [0.25, 0.3) is 0 Å². The van der Waals surface area contributed by atoms with Crippen molar-refractivity contribution in [1.29, 1.82) is 0 Å². The fourth-order valence-electron chi connectivity index (χ4n) is 3.39. The van der Waals surface area contributed by atoms with Gasteiger partial charge in [0.1, 0.15) is 11.6 Å². The molecule has 132 valence electrons. The molecule has 1 fully saturated rings. The van der Waals surface area contributed by atoms with Gasteiger partial charge in [-0.3, -0.25) is 4.79 Å². The predicted molar refractivity (Wildman–Crippen MR) is 96.7 cm³/mol. The van der Waals surface area contributed by atoms with Crippen molar-refractivity contribution in [2.24, 2.45) is 5.92 Å². The number of hydrogen-bond donors (Lipinski definition) is 0. The molecule has 3 aromatic rings. The molecule has 1 heterocycles. The molecular weight excluding hydrogens is 329 g/mol. The van der Waals surface area contributed by atoms with Crippen LogP contribution in [0, 0.1) is 11.7 Å². The Morgan fingerprint density at radius 2 is 1.77 bits per heavy atom. The van der Waals surface area contributed by atoms with Crippen LogP contribution in [0.15, 0.2) is 77.4 Å². The van der Waals surface area contributed by atoms with Crippen LogP contribution >= 0.6 is 0 Å². The van der Waals surface area contributed by atoms with Crippen LogP contribution in [0.5, 0.6) is 0 Å². The molecule has 1 saturated carbocycles. The van der Waals surface area contributed by atoms with Gasteiger partial charge in [-0.25, -0.2) is 4.39 Å². The van der Waals surface area contributed by atoms with Crippen molar-refractivity contribution in [3.63, 3.8) is 0 Å². The zero-order chi connectivity index (χ0) is 17.9. The van der Waals surface area contributed by atoms with Crippen molar-refractivity contribution in [1.82, 2.24) is 4.90 Å². The SMILES string of the molecule is O=C(C1CC1c1ccc(F)cc1)N(Cc1ccccc1)Cc1ccco1. The fraction of sp³-hybridized carbons (Fsp3) is 0.227.